The van der Waals surface area contributed by atoms with Gasteiger partial charge in [0.1, 0.15) is 17.5 Å². The van der Waals surface area contributed by atoms with E-state index in [0.29, 0.717) is 29.9 Å². The third kappa shape index (κ3) is 7.59. The van der Waals surface area contributed by atoms with Crippen LogP contribution in [-0.2, 0) is 16.1 Å². The lowest BCUT2D eigenvalue weighted by Crippen LogP contribution is -2.49. The van der Waals surface area contributed by atoms with E-state index < -0.39 is 6.04 Å². The Morgan fingerprint density at radius 2 is 1.66 bits per heavy atom. The summed E-state index contributed by atoms with van der Waals surface area (Å²) in [5.41, 5.74) is 2.08. The molecule has 2 amide bonds. The van der Waals surface area contributed by atoms with Crippen LogP contribution in [0.2, 0.25) is 0 Å². The zero-order valence-electron chi connectivity index (χ0n) is 20.1. The highest BCUT2D eigenvalue weighted by Crippen LogP contribution is 2.20. The SMILES string of the molecule is COc1cccc(CN(C(=O)COc2ccc(C(C)C)cc2)[C@@H](C)C(=O)NCC(C)C)c1. The van der Waals surface area contributed by atoms with Gasteiger partial charge in [-0.25, -0.2) is 0 Å². The maximum atomic E-state index is 13.1. The Hall–Kier alpha value is -3.02. The summed E-state index contributed by atoms with van der Waals surface area (Å²) in [7, 11) is 1.60. The van der Waals surface area contributed by atoms with E-state index >= 15 is 0 Å². The highest BCUT2D eigenvalue weighted by Gasteiger charge is 2.26. The van der Waals surface area contributed by atoms with Crippen LogP contribution in [0.3, 0.4) is 0 Å². The molecule has 0 aliphatic heterocycles. The van der Waals surface area contributed by atoms with Crippen LogP contribution in [0.5, 0.6) is 11.5 Å². The Labute approximate surface area is 191 Å². The lowest BCUT2D eigenvalue weighted by molar-refractivity contribution is -0.142. The summed E-state index contributed by atoms with van der Waals surface area (Å²) in [5, 5.41) is 2.92. The number of methoxy groups -OCH3 is 1. The van der Waals surface area contributed by atoms with Gasteiger partial charge in [-0.1, -0.05) is 52.0 Å². The highest BCUT2D eigenvalue weighted by atomic mass is 16.5. The van der Waals surface area contributed by atoms with Crippen LogP contribution in [-0.4, -0.2) is 43.0 Å². The van der Waals surface area contributed by atoms with E-state index in [9.17, 15) is 9.59 Å². The molecule has 2 aromatic carbocycles. The van der Waals surface area contributed by atoms with E-state index in [1.165, 1.54) is 5.56 Å². The zero-order chi connectivity index (χ0) is 23.7. The molecule has 6 heteroatoms. The lowest BCUT2D eigenvalue weighted by atomic mass is 10.0. The maximum Gasteiger partial charge on any atom is 0.261 e. The van der Waals surface area contributed by atoms with Crippen LogP contribution in [0.4, 0.5) is 0 Å². The molecular formula is C26H36N2O4. The number of ether oxygens (including phenoxy) is 2. The number of benzene rings is 2. The molecule has 32 heavy (non-hydrogen) atoms. The average Bonchev–Trinajstić information content (AvgIpc) is 2.79. The van der Waals surface area contributed by atoms with E-state index in [0.717, 1.165) is 5.56 Å². The van der Waals surface area contributed by atoms with Gasteiger partial charge in [0.05, 0.1) is 7.11 Å². The molecule has 0 aliphatic carbocycles. The molecule has 0 aromatic heterocycles. The second-order valence-electron chi connectivity index (χ2n) is 8.70. The average molecular weight is 441 g/mol. The largest absolute Gasteiger partial charge is 0.497 e. The van der Waals surface area contributed by atoms with Gasteiger partial charge in [-0.2, -0.15) is 0 Å². The summed E-state index contributed by atoms with van der Waals surface area (Å²) in [4.78, 5) is 27.4. The maximum absolute atomic E-state index is 13.1. The Morgan fingerprint density at radius 1 is 0.969 bits per heavy atom. The van der Waals surface area contributed by atoms with Crippen molar-refractivity contribution in [1.82, 2.24) is 10.2 Å². The molecule has 0 saturated heterocycles. The van der Waals surface area contributed by atoms with Crippen LogP contribution in [0.1, 0.15) is 51.7 Å². The molecule has 2 rings (SSSR count). The van der Waals surface area contributed by atoms with E-state index in [2.05, 4.69) is 19.2 Å². The van der Waals surface area contributed by atoms with Crippen molar-refractivity contribution in [1.29, 1.82) is 0 Å². The van der Waals surface area contributed by atoms with Crippen molar-refractivity contribution >= 4 is 11.8 Å². The van der Waals surface area contributed by atoms with Crippen molar-refractivity contribution in [3.8, 4) is 11.5 Å². The summed E-state index contributed by atoms with van der Waals surface area (Å²) in [6.07, 6.45) is 0. The van der Waals surface area contributed by atoms with Crippen molar-refractivity contribution in [2.45, 2.75) is 53.1 Å². The molecule has 0 fully saturated rings. The Kier molecular flexibility index (Phi) is 9.57. The van der Waals surface area contributed by atoms with Gasteiger partial charge < -0.3 is 19.7 Å². The quantitative estimate of drug-likeness (QED) is 0.563. The van der Waals surface area contributed by atoms with Gasteiger partial charge in [-0.15, -0.1) is 0 Å². The Bertz CT molecular complexity index is 878. The van der Waals surface area contributed by atoms with Crippen LogP contribution in [0.25, 0.3) is 0 Å². The Balaban J connectivity index is 2.13. The molecule has 0 saturated carbocycles. The first kappa shape index (κ1) is 25.2. The molecule has 0 bridgehead atoms. The van der Waals surface area contributed by atoms with Gasteiger partial charge in [-0.05, 0) is 54.2 Å². The lowest BCUT2D eigenvalue weighted by Gasteiger charge is -2.29. The summed E-state index contributed by atoms with van der Waals surface area (Å²) >= 11 is 0. The van der Waals surface area contributed by atoms with E-state index in [4.69, 9.17) is 9.47 Å². The van der Waals surface area contributed by atoms with Crippen molar-refractivity contribution in [2.75, 3.05) is 20.3 Å². The summed E-state index contributed by atoms with van der Waals surface area (Å²) < 4.78 is 11.0. The molecule has 0 aliphatic rings. The van der Waals surface area contributed by atoms with Crippen molar-refractivity contribution in [3.05, 3.63) is 59.7 Å². The minimum atomic E-state index is -0.639. The zero-order valence-corrected chi connectivity index (χ0v) is 20.1. The molecule has 0 radical (unpaired) electrons. The number of hydrogen-bond donors (Lipinski definition) is 1. The van der Waals surface area contributed by atoms with Crippen molar-refractivity contribution in [2.24, 2.45) is 5.92 Å². The third-order valence-electron chi connectivity index (χ3n) is 5.25. The third-order valence-corrected chi connectivity index (χ3v) is 5.25. The Morgan fingerprint density at radius 3 is 2.25 bits per heavy atom. The van der Waals surface area contributed by atoms with E-state index in [1.807, 2.05) is 62.4 Å². The fraction of sp³-hybridized carbons (Fsp3) is 0.462. The summed E-state index contributed by atoms with van der Waals surface area (Å²) in [5.74, 6) is 1.64. The number of nitrogens with one attached hydrogen (secondary N) is 1. The number of rotatable bonds is 11. The van der Waals surface area contributed by atoms with Gasteiger partial charge in [-0.3, -0.25) is 9.59 Å². The van der Waals surface area contributed by atoms with E-state index in [-0.39, 0.29) is 25.0 Å². The summed E-state index contributed by atoms with van der Waals surface area (Å²) in [6, 6.07) is 14.6. The first-order valence-corrected chi connectivity index (χ1v) is 11.1. The van der Waals surface area contributed by atoms with Crippen molar-refractivity contribution in [3.63, 3.8) is 0 Å². The molecule has 0 spiro atoms. The smallest absolute Gasteiger partial charge is 0.261 e. The van der Waals surface area contributed by atoms with E-state index in [1.54, 1.807) is 18.9 Å². The topological polar surface area (TPSA) is 67.9 Å². The van der Waals surface area contributed by atoms with Crippen LogP contribution < -0.4 is 14.8 Å². The molecular weight excluding hydrogens is 404 g/mol. The summed E-state index contributed by atoms with van der Waals surface area (Å²) in [6.45, 7) is 10.7. The molecule has 6 nitrogen and oxygen atoms in total. The van der Waals surface area contributed by atoms with Gasteiger partial charge in [0.15, 0.2) is 6.61 Å². The second-order valence-corrected chi connectivity index (χ2v) is 8.70. The standard InChI is InChI=1S/C26H36N2O4/c1-18(2)15-27-26(30)20(5)28(16-21-8-7-9-24(14-21)31-6)25(29)17-32-23-12-10-22(11-13-23)19(3)4/h7-14,18-20H,15-17H2,1-6H3,(H,27,30)/t20-/m0/s1. The molecule has 1 atom stereocenters. The molecule has 1 N–H and O–H groups in total. The highest BCUT2D eigenvalue weighted by molar-refractivity contribution is 5.88. The second kappa shape index (κ2) is 12.1. The first-order valence-electron chi connectivity index (χ1n) is 11.1. The fourth-order valence-electron chi connectivity index (χ4n) is 3.18. The van der Waals surface area contributed by atoms with Gasteiger partial charge in [0.25, 0.3) is 5.91 Å². The van der Waals surface area contributed by atoms with Gasteiger partial charge >= 0.3 is 0 Å². The van der Waals surface area contributed by atoms with Gasteiger partial charge in [0, 0.05) is 13.1 Å². The van der Waals surface area contributed by atoms with Crippen LogP contribution in [0, 0.1) is 5.92 Å². The fourth-order valence-corrected chi connectivity index (χ4v) is 3.18. The molecule has 0 heterocycles. The number of amides is 2. The number of hydrogen-bond acceptors (Lipinski definition) is 4. The number of nitrogens with zero attached hydrogens (tertiary/aromatic N) is 1. The van der Waals surface area contributed by atoms with Crippen LogP contribution in [0.15, 0.2) is 48.5 Å². The normalized spacial score (nSPS) is 11.9. The van der Waals surface area contributed by atoms with Gasteiger partial charge in [0.2, 0.25) is 5.91 Å². The first-order chi connectivity index (χ1) is 15.2. The van der Waals surface area contributed by atoms with Crippen molar-refractivity contribution < 1.29 is 19.1 Å². The predicted molar refractivity (Wildman–Crippen MR) is 127 cm³/mol. The number of carbonyl (C=O) groups excluding carboxylic acids is 2. The molecule has 0 unspecified atom stereocenters. The van der Waals surface area contributed by atoms with Crippen LogP contribution >= 0.6 is 0 Å². The minimum absolute atomic E-state index is 0.146. The predicted octanol–water partition coefficient (Wildman–Crippen LogP) is 4.39. The molecule has 2 aromatic rings. The minimum Gasteiger partial charge on any atom is -0.497 e. The monoisotopic (exact) mass is 440 g/mol. The molecule has 174 valence electrons. The number of carbonyl (C=O) groups is 2.